The molecule has 2 unspecified atom stereocenters. The molecule has 0 aliphatic heterocycles. The van der Waals surface area contributed by atoms with Gasteiger partial charge < -0.3 is 15.5 Å². The average Bonchev–Trinajstić information content (AvgIpc) is 3.15. The Balaban J connectivity index is 3.85. The van der Waals surface area contributed by atoms with E-state index >= 15 is 0 Å². The van der Waals surface area contributed by atoms with Crippen LogP contribution in [0.2, 0.25) is 0 Å². The Labute approximate surface area is 319 Å². The molecule has 0 spiro atoms. The molecule has 4 nitrogen and oxygen atoms in total. The molecule has 4 heteroatoms. The van der Waals surface area contributed by atoms with Crippen molar-refractivity contribution in [3.63, 3.8) is 0 Å². The first-order chi connectivity index (χ1) is 25.7. The topological polar surface area (TPSA) is 69.6 Å². The molecule has 0 fully saturated rings. The van der Waals surface area contributed by atoms with Crippen molar-refractivity contribution in [3.8, 4) is 0 Å². The second-order valence-corrected chi connectivity index (χ2v) is 12.6. The zero-order chi connectivity index (χ0) is 37.8. The van der Waals surface area contributed by atoms with Crippen molar-refractivity contribution >= 4 is 5.91 Å². The third-order valence-electron chi connectivity index (χ3n) is 7.76. The fourth-order valence-electron chi connectivity index (χ4n) is 4.74. The fourth-order valence-corrected chi connectivity index (χ4v) is 4.74. The van der Waals surface area contributed by atoms with Gasteiger partial charge in [-0.15, -0.1) is 0 Å². The Morgan fingerprint density at radius 1 is 0.481 bits per heavy atom. The molecule has 0 aromatic rings. The Kier molecular flexibility index (Phi) is 38.7. The van der Waals surface area contributed by atoms with Crippen molar-refractivity contribution in [2.45, 2.75) is 142 Å². The molecule has 0 saturated heterocycles. The second kappa shape index (κ2) is 41.7. The summed E-state index contributed by atoms with van der Waals surface area (Å²) in [6.45, 7) is 4.04. The number of nitrogens with one attached hydrogen (secondary N) is 1. The zero-order valence-corrected chi connectivity index (χ0v) is 32.7. The van der Waals surface area contributed by atoms with E-state index < -0.39 is 12.1 Å². The Hall–Kier alpha value is -3.73. The van der Waals surface area contributed by atoms with Crippen LogP contribution in [0.4, 0.5) is 0 Å². The number of carbonyl (C=O) groups is 1. The average molecular weight is 712 g/mol. The van der Waals surface area contributed by atoms with E-state index in [0.717, 1.165) is 103 Å². The normalized spacial score (nSPS) is 14.6. The molecule has 1 amide bonds. The summed E-state index contributed by atoms with van der Waals surface area (Å²) >= 11 is 0. The van der Waals surface area contributed by atoms with Crippen molar-refractivity contribution < 1.29 is 15.0 Å². The monoisotopic (exact) mass is 712 g/mol. The van der Waals surface area contributed by atoms with Crippen molar-refractivity contribution in [2.24, 2.45) is 0 Å². The van der Waals surface area contributed by atoms with Crippen LogP contribution in [0.5, 0.6) is 0 Å². The van der Waals surface area contributed by atoms with E-state index in [1.54, 1.807) is 6.08 Å². The Morgan fingerprint density at radius 3 is 1.21 bits per heavy atom. The maximum atomic E-state index is 12.3. The lowest BCUT2D eigenvalue weighted by molar-refractivity contribution is -0.122. The molecule has 0 saturated carbocycles. The molecular formula is C48H73NO3. The number of hydrogen-bond acceptors (Lipinski definition) is 3. The van der Waals surface area contributed by atoms with Crippen LogP contribution in [0.3, 0.4) is 0 Å². The molecule has 0 aromatic carbocycles. The summed E-state index contributed by atoms with van der Waals surface area (Å²) in [5, 5.41) is 22.8. The highest BCUT2D eigenvalue weighted by Gasteiger charge is 2.17. The minimum Gasteiger partial charge on any atom is -0.394 e. The van der Waals surface area contributed by atoms with Crippen molar-refractivity contribution in [2.75, 3.05) is 6.61 Å². The standard InChI is InChI=1S/C48H73NO3/c1-3-5-7-9-11-13-15-16-17-18-19-20-21-22-23-24-25-26-27-28-29-30-31-32-34-36-38-40-42-44-48(52)49-46(45-50)47(51)43-41-39-37-35-33-14-12-10-8-6-4-2/h5,7-8,10-11,13,16-17,19-20,22-23,25-26,28-29,31-33,35-36,38,41,43,46-47,50-51H,3-4,6,9,12,14-15,18,21,24,27,30,34,37,39-40,42,44-45H2,1-2H3,(H,49,52)/b7-5-,10-8+,13-11-,17-16-,20-19-,23-22-,26-25-,29-28-,32-31-,35-33+,38-36-,43-41+. The minimum absolute atomic E-state index is 0.147. The molecule has 0 bridgehead atoms. The first-order valence-electron chi connectivity index (χ1n) is 20.0. The van der Waals surface area contributed by atoms with Gasteiger partial charge in [-0.1, -0.05) is 166 Å². The van der Waals surface area contributed by atoms with Gasteiger partial charge in [-0.25, -0.2) is 0 Å². The van der Waals surface area contributed by atoms with Gasteiger partial charge in [0.2, 0.25) is 5.91 Å². The maximum absolute atomic E-state index is 12.3. The lowest BCUT2D eigenvalue weighted by Crippen LogP contribution is -2.45. The summed E-state index contributed by atoms with van der Waals surface area (Å²) < 4.78 is 0. The second-order valence-electron chi connectivity index (χ2n) is 12.6. The van der Waals surface area contributed by atoms with Gasteiger partial charge in [-0.3, -0.25) is 4.79 Å². The highest BCUT2D eigenvalue weighted by atomic mass is 16.3. The molecule has 0 rings (SSSR count). The number of aliphatic hydroxyl groups is 2. The van der Waals surface area contributed by atoms with Crippen molar-refractivity contribution in [1.29, 1.82) is 0 Å². The highest BCUT2D eigenvalue weighted by molar-refractivity contribution is 5.76. The van der Waals surface area contributed by atoms with Crippen LogP contribution in [-0.2, 0) is 4.79 Å². The highest BCUT2D eigenvalue weighted by Crippen LogP contribution is 2.04. The fraction of sp³-hybridized carbons (Fsp3) is 0.479. The quantitative estimate of drug-likeness (QED) is 0.0469. The van der Waals surface area contributed by atoms with Gasteiger partial charge in [-0.05, 0) is 103 Å². The van der Waals surface area contributed by atoms with Crippen molar-refractivity contribution in [3.05, 3.63) is 146 Å². The predicted octanol–water partition coefficient (Wildman–Crippen LogP) is 12.6. The largest absolute Gasteiger partial charge is 0.394 e. The van der Waals surface area contributed by atoms with Gasteiger partial charge in [0.05, 0.1) is 18.8 Å². The number of rotatable bonds is 33. The molecule has 2 atom stereocenters. The van der Waals surface area contributed by atoms with Gasteiger partial charge in [-0.2, -0.15) is 0 Å². The van der Waals surface area contributed by atoms with E-state index in [1.165, 1.54) is 6.42 Å². The molecule has 0 heterocycles. The molecule has 0 radical (unpaired) electrons. The SMILES string of the molecule is CC/C=C\C/C=C\C/C=C\C/C=C\C/C=C\C/C=C\C/C=C\C/C=C\C/C=C\CCCC(=O)NC(CO)C(O)/C=C/CC/C=C/CC/C=C/CCC. The van der Waals surface area contributed by atoms with E-state index in [1.807, 2.05) is 6.08 Å². The third kappa shape index (κ3) is 37.5. The van der Waals surface area contributed by atoms with Gasteiger partial charge >= 0.3 is 0 Å². The third-order valence-corrected chi connectivity index (χ3v) is 7.76. The molecule has 52 heavy (non-hydrogen) atoms. The summed E-state index contributed by atoms with van der Waals surface area (Å²) in [6.07, 6.45) is 68.0. The van der Waals surface area contributed by atoms with Crippen LogP contribution in [0.25, 0.3) is 0 Å². The Morgan fingerprint density at radius 2 is 0.827 bits per heavy atom. The van der Waals surface area contributed by atoms with Gasteiger partial charge in [0, 0.05) is 6.42 Å². The number of unbranched alkanes of at least 4 members (excludes halogenated alkanes) is 4. The first kappa shape index (κ1) is 48.3. The number of aliphatic hydroxyl groups excluding tert-OH is 2. The van der Waals surface area contributed by atoms with Crippen LogP contribution in [-0.4, -0.2) is 34.9 Å². The van der Waals surface area contributed by atoms with Gasteiger partial charge in [0.25, 0.3) is 0 Å². The van der Waals surface area contributed by atoms with E-state index in [0.29, 0.717) is 6.42 Å². The molecule has 0 aliphatic carbocycles. The van der Waals surface area contributed by atoms with Crippen LogP contribution in [0.1, 0.15) is 129 Å². The van der Waals surface area contributed by atoms with Crippen LogP contribution in [0.15, 0.2) is 146 Å². The maximum Gasteiger partial charge on any atom is 0.220 e. The molecule has 0 aliphatic rings. The lowest BCUT2D eigenvalue weighted by Gasteiger charge is -2.19. The zero-order valence-electron chi connectivity index (χ0n) is 32.7. The van der Waals surface area contributed by atoms with E-state index in [9.17, 15) is 15.0 Å². The minimum atomic E-state index is -0.903. The number of hydrogen-bond donors (Lipinski definition) is 3. The summed E-state index contributed by atoms with van der Waals surface area (Å²) in [7, 11) is 0. The predicted molar refractivity (Wildman–Crippen MR) is 229 cm³/mol. The lowest BCUT2D eigenvalue weighted by atomic mass is 10.1. The van der Waals surface area contributed by atoms with Crippen molar-refractivity contribution in [1.82, 2.24) is 5.32 Å². The molecular weight excluding hydrogens is 639 g/mol. The summed E-state index contributed by atoms with van der Waals surface area (Å²) in [4.78, 5) is 12.3. The summed E-state index contributed by atoms with van der Waals surface area (Å²) in [6, 6.07) is -0.686. The molecule has 288 valence electrons. The van der Waals surface area contributed by atoms with Gasteiger partial charge in [0.1, 0.15) is 0 Å². The summed E-state index contributed by atoms with van der Waals surface area (Å²) in [5.74, 6) is -0.147. The summed E-state index contributed by atoms with van der Waals surface area (Å²) in [5.41, 5.74) is 0. The number of carbonyl (C=O) groups excluding carboxylic acids is 1. The van der Waals surface area contributed by atoms with Crippen LogP contribution >= 0.6 is 0 Å². The van der Waals surface area contributed by atoms with E-state index in [2.05, 4.69) is 153 Å². The Bertz CT molecular complexity index is 1170. The molecule has 3 N–H and O–H groups in total. The van der Waals surface area contributed by atoms with Gasteiger partial charge in [0.15, 0.2) is 0 Å². The first-order valence-corrected chi connectivity index (χ1v) is 20.0. The van der Waals surface area contributed by atoms with Crippen LogP contribution in [0, 0.1) is 0 Å². The number of amides is 1. The van der Waals surface area contributed by atoms with E-state index in [4.69, 9.17) is 0 Å². The number of allylic oxidation sites excluding steroid dienone is 23. The van der Waals surface area contributed by atoms with E-state index in [-0.39, 0.29) is 12.5 Å². The smallest absolute Gasteiger partial charge is 0.220 e. The molecule has 0 aromatic heterocycles. The van der Waals surface area contributed by atoms with Crippen LogP contribution < -0.4 is 5.32 Å².